The molecule has 0 fully saturated rings. The summed E-state index contributed by atoms with van der Waals surface area (Å²) in [4.78, 5) is 10.4. The summed E-state index contributed by atoms with van der Waals surface area (Å²) in [7, 11) is 0. The summed E-state index contributed by atoms with van der Waals surface area (Å²) < 4.78 is 0. The molecular weight excluding hydrogens is 200 g/mol. The molecule has 0 spiro atoms. The van der Waals surface area contributed by atoms with Crippen LogP contribution in [-0.2, 0) is 4.79 Å². The Morgan fingerprint density at radius 3 is 2.86 bits per heavy atom. The van der Waals surface area contributed by atoms with Gasteiger partial charge in [0.2, 0.25) is 0 Å². The maximum atomic E-state index is 10.4. The van der Waals surface area contributed by atoms with Crippen molar-refractivity contribution in [3.63, 3.8) is 0 Å². The van der Waals surface area contributed by atoms with Crippen LogP contribution in [0.2, 0.25) is 5.02 Å². The van der Waals surface area contributed by atoms with Crippen molar-refractivity contribution in [3.8, 4) is 0 Å². The SMILES string of the molecule is CC(CCC(=O)O)c1cccc(Cl)c1. The second kappa shape index (κ2) is 5.01. The molecule has 2 nitrogen and oxygen atoms in total. The summed E-state index contributed by atoms with van der Waals surface area (Å²) in [6, 6.07) is 7.55. The number of carbonyl (C=O) groups is 1. The Morgan fingerprint density at radius 2 is 2.29 bits per heavy atom. The number of halogens is 1. The van der Waals surface area contributed by atoms with Crippen LogP contribution in [0.15, 0.2) is 24.3 Å². The lowest BCUT2D eigenvalue weighted by Gasteiger charge is -2.10. The molecule has 76 valence electrons. The summed E-state index contributed by atoms with van der Waals surface area (Å²) in [5, 5.41) is 9.24. The van der Waals surface area contributed by atoms with E-state index in [0.717, 1.165) is 5.56 Å². The Kier molecular flexibility index (Phi) is 3.96. The molecule has 0 aliphatic carbocycles. The van der Waals surface area contributed by atoms with Crippen molar-refractivity contribution < 1.29 is 9.90 Å². The highest BCUT2D eigenvalue weighted by Gasteiger charge is 2.07. The van der Waals surface area contributed by atoms with Gasteiger partial charge in [-0.05, 0) is 30.0 Å². The minimum absolute atomic E-state index is 0.202. The third-order valence-electron chi connectivity index (χ3n) is 2.21. The molecule has 3 heteroatoms. The van der Waals surface area contributed by atoms with Crippen LogP contribution in [0.5, 0.6) is 0 Å². The fraction of sp³-hybridized carbons (Fsp3) is 0.364. The molecule has 14 heavy (non-hydrogen) atoms. The van der Waals surface area contributed by atoms with E-state index in [1.165, 1.54) is 0 Å². The van der Waals surface area contributed by atoms with Crippen molar-refractivity contribution in [2.45, 2.75) is 25.7 Å². The maximum Gasteiger partial charge on any atom is 0.303 e. The Balaban J connectivity index is 2.60. The average Bonchev–Trinajstić information content (AvgIpc) is 2.14. The lowest BCUT2D eigenvalue weighted by molar-refractivity contribution is -0.137. The molecule has 1 aromatic carbocycles. The highest BCUT2D eigenvalue weighted by atomic mass is 35.5. The lowest BCUT2D eigenvalue weighted by Crippen LogP contribution is -1.99. The van der Waals surface area contributed by atoms with Gasteiger partial charge < -0.3 is 5.11 Å². The van der Waals surface area contributed by atoms with Crippen molar-refractivity contribution in [2.24, 2.45) is 0 Å². The quantitative estimate of drug-likeness (QED) is 0.832. The van der Waals surface area contributed by atoms with Gasteiger partial charge in [0.25, 0.3) is 0 Å². The first-order chi connectivity index (χ1) is 6.59. The molecule has 0 radical (unpaired) electrons. The predicted octanol–water partition coefficient (Wildman–Crippen LogP) is 3.31. The van der Waals surface area contributed by atoms with Gasteiger partial charge in [-0.1, -0.05) is 30.7 Å². The molecule has 1 rings (SSSR count). The van der Waals surface area contributed by atoms with E-state index in [-0.39, 0.29) is 12.3 Å². The number of hydrogen-bond acceptors (Lipinski definition) is 1. The average molecular weight is 213 g/mol. The molecule has 0 bridgehead atoms. The molecule has 1 unspecified atom stereocenters. The minimum Gasteiger partial charge on any atom is -0.481 e. The predicted molar refractivity (Wildman–Crippen MR) is 56.7 cm³/mol. The molecule has 0 aliphatic rings. The summed E-state index contributed by atoms with van der Waals surface area (Å²) in [5.41, 5.74) is 1.10. The van der Waals surface area contributed by atoms with Gasteiger partial charge in [-0.2, -0.15) is 0 Å². The minimum atomic E-state index is -0.751. The summed E-state index contributed by atoms with van der Waals surface area (Å²) in [6.45, 7) is 2.01. The van der Waals surface area contributed by atoms with Gasteiger partial charge in [-0.3, -0.25) is 4.79 Å². The third kappa shape index (κ3) is 3.38. The topological polar surface area (TPSA) is 37.3 Å². The van der Waals surface area contributed by atoms with Crippen molar-refractivity contribution in [1.29, 1.82) is 0 Å². The molecule has 0 amide bonds. The fourth-order valence-electron chi connectivity index (χ4n) is 1.32. The molecule has 1 N–H and O–H groups in total. The summed E-state index contributed by atoms with van der Waals surface area (Å²) in [5.74, 6) is -0.510. The van der Waals surface area contributed by atoms with E-state index in [1.807, 2.05) is 31.2 Å². The van der Waals surface area contributed by atoms with Gasteiger partial charge in [0, 0.05) is 11.4 Å². The molecule has 0 heterocycles. The van der Waals surface area contributed by atoms with Crippen molar-refractivity contribution in [3.05, 3.63) is 34.9 Å². The van der Waals surface area contributed by atoms with Gasteiger partial charge in [-0.25, -0.2) is 0 Å². The van der Waals surface area contributed by atoms with E-state index < -0.39 is 5.97 Å². The third-order valence-corrected chi connectivity index (χ3v) is 2.44. The molecule has 1 atom stereocenters. The van der Waals surface area contributed by atoms with Crippen LogP contribution in [0.25, 0.3) is 0 Å². The van der Waals surface area contributed by atoms with Crippen LogP contribution in [0.4, 0.5) is 0 Å². The zero-order valence-electron chi connectivity index (χ0n) is 8.03. The number of carboxylic acids is 1. The van der Waals surface area contributed by atoms with Gasteiger partial charge >= 0.3 is 5.97 Å². The normalized spacial score (nSPS) is 12.4. The zero-order valence-corrected chi connectivity index (χ0v) is 8.79. The highest BCUT2D eigenvalue weighted by molar-refractivity contribution is 6.30. The van der Waals surface area contributed by atoms with Crippen LogP contribution in [0.3, 0.4) is 0 Å². The van der Waals surface area contributed by atoms with Gasteiger partial charge in [-0.15, -0.1) is 0 Å². The van der Waals surface area contributed by atoms with E-state index in [9.17, 15) is 4.79 Å². The van der Waals surface area contributed by atoms with Crippen LogP contribution in [-0.4, -0.2) is 11.1 Å². The van der Waals surface area contributed by atoms with Gasteiger partial charge in [0.15, 0.2) is 0 Å². The van der Waals surface area contributed by atoms with E-state index in [1.54, 1.807) is 0 Å². The number of rotatable bonds is 4. The second-order valence-electron chi connectivity index (χ2n) is 3.39. The Labute approximate surface area is 88.5 Å². The lowest BCUT2D eigenvalue weighted by atomic mass is 9.96. The largest absolute Gasteiger partial charge is 0.481 e. The van der Waals surface area contributed by atoms with Crippen LogP contribution in [0.1, 0.15) is 31.2 Å². The summed E-state index contributed by atoms with van der Waals surface area (Å²) >= 11 is 5.84. The smallest absolute Gasteiger partial charge is 0.303 e. The van der Waals surface area contributed by atoms with Crippen LogP contribution in [0, 0.1) is 0 Å². The van der Waals surface area contributed by atoms with E-state index >= 15 is 0 Å². The number of hydrogen-bond donors (Lipinski definition) is 1. The molecular formula is C11H13ClO2. The molecule has 0 saturated heterocycles. The Morgan fingerprint density at radius 1 is 1.57 bits per heavy atom. The molecule has 0 saturated carbocycles. The monoisotopic (exact) mass is 212 g/mol. The van der Waals surface area contributed by atoms with Crippen molar-refractivity contribution >= 4 is 17.6 Å². The maximum absolute atomic E-state index is 10.4. The molecule has 0 aromatic heterocycles. The highest BCUT2D eigenvalue weighted by Crippen LogP contribution is 2.23. The van der Waals surface area contributed by atoms with Gasteiger partial charge in [0.1, 0.15) is 0 Å². The molecule has 1 aromatic rings. The van der Waals surface area contributed by atoms with Crippen LogP contribution < -0.4 is 0 Å². The van der Waals surface area contributed by atoms with Crippen molar-refractivity contribution in [2.75, 3.05) is 0 Å². The van der Waals surface area contributed by atoms with E-state index in [0.29, 0.717) is 11.4 Å². The Bertz CT molecular complexity index is 323. The van der Waals surface area contributed by atoms with E-state index in [2.05, 4.69) is 0 Å². The number of carboxylic acid groups (broad SMARTS) is 1. The summed E-state index contributed by atoms with van der Waals surface area (Å²) in [6.07, 6.45) is 0.851. The molecule has 0 aliphatic heterocycles. The van der Waals surface area contributed by atoms with E-state index in [4.69, 9.17) is 16.7 Å². The first kappa shape index (κ1) is 11.1. The van der Waals surface area contributed by atoms with Crippen LogP contribution >= 0.6 is 11.6 Å². The first-order valence-corrected chi connectivity index (χ1v) is 4.94. The second-order valence-corrected chi connectivity index (χ2v) is 3.82. The van der Waals surface area contributed by atoms with Crippen molar-refractivity contribution in [1.82, 2.24) is 0 Å². The van der Waals surface area contributed by atoms with Gasteiger partial charge in [0.05, 0.1) is 0 Å². The standard InChI is InChI=1S/C11H13ClO2/c1-8(5-6-11(13)14)9-3-2-4-10(12)7-9/h2-4,7-8H,5-6H2,1H3,(H,13,14). The number of benzene rings is 1. The number of aliphatic carboxylic acids is 1. The first-order valence-electron chi connectivity index (χ1n) is 4.57. The zero-order chi connectivity index (χ0) is 10.6. The Hall–Kier alpha value is -1.02. The fourth-order valence-corrected chi connectivity index (χ4v) is 1.52.